The Hall–Kier alpha value is -2.24. The van der Waals surface area contributed by atoms with Gasteiger partial charge in [0.15, 0.2) is 5.96 Å². The summed E-state index contributed by atoms with van der Waals surface area (Å²) in [6, 6.07) is 8.80. The maximum absolute atomic E-state index is 11.8. The lowest BCUT2D eigenvalue weighted by Crippen LogP contribution is -2.40. The van der Waals surface area contributed by atoms with Crippen molar-refractivity contribution in [1.29, 1.82) is 0 Å². The molecule has 1 aromatic carbocycles. The van der Waals surface area contributed by atoms with Crippen molar-refractivity contribution in [3.63, 3.8) is 0 Å². The van der Waals surface area contributed by atoms with E-state index >= 15 is 0 Å². The first-order chi connectivity index (χ1) is 12.5. The van der Waals surface area contributed by atoms with Crippen LogP contribution in [0.25, 0.3) is 0 Å². The topological polar surface area (TPSA) is 60.0 Å². The van der Waals surface area contributed by atoms with Crippen LogP contribution in [0, 0.1) is 0 Å². The van der Waals surface area contributed by atoms with Crippen molar-refractivity contribution in [1.82, 2.24) is 15.5 Å². The largest absolute Gasteiger partial charge is 0.372 e. The lowest BCUT2D eigenvalue weighted by molar-refractivity contribution is -0.127. The maximum atomic E-state index is 11.8. The van der Waals surface area contributed by atoms with Gasteiger partial charge >= 0.3 is 0 Å². The summed E-state index contributed by atoms with van der Waals surface area (Å²) in [5, 5.41) is 6.72. The van der Waals surface area contributed by atoms with Gasteiger partial charge in [-0.2, -0.15) is 0 Å². The van der Waals surface area contributed by atoms with Crippen LogP contribution in [0.5, 0.6) is 0 Å². The van der Waals surface area contributed by atoms with Crippen molar-refractivity contribution < 1.29 is 4.79 Å². The fraction of sp³-hybridized carbons (Fsp3) is 0.600. The summed E-state index contributed by atoms with van der Waals surface area (Å²) < 4.78 is 0. The molecule has 1 atom stereocenters. The van der Waals surface area contributed by atoms with Crippen molar-refractivity contribution in [3.05, 3.63) is 29.8 Å². The van der Waals surface area contributed by atoms with Crippen LogP contribution < -0.4 is 15.5 Å². The first-order valence-corrected chi connectivity index (χ1v) is 9.61. The van der Waals surface area contributed by atoms with Gasteiger partial charge in [-0.15, -0.1) is 0 Å². The molecule has 1 fully saturated rings. The third-order valence-corrected chi connectivity index (χ3v) is 4.61. The molecule has 0 bridgehead atoms. The molecule has 6 heteroatoms. The highest BCUT2D eigenvalue weighted by atomic mass is 16.2. The molecule has 1 heterocycles. The zero-order valence-electron chi connectivity index (χ0n) is 16.6. The summed E-state index contributed by atoms with van der Waals surface area (Å²) in [6.07, 6.45) is 3.55. The fourth-order valence-electron chi connectivity index (χ4n) is 2.94. The number of nitrogens with one attached hydrogen (secondary N) is 2. The van der Waals surface area contributed by atoms with Gasteiger partial charge in [0.25, 0.3) is 0 Å². The molecule has 2 N–H and O–H groups in total. The van der Waals surface area contributed by atoms with Crippen LogP contribution in [0.15, 0.2) is 29.3 Å². The predicted molar refractivity (Wildman–Crippen MR) is 109 cm³/mol. The molecular weight excluding hydrogens is 326 g/mol. The number of aliphatic imine (C=N–C) groups is 1. The number of anilines is 1. The van der Waals surface area contributed by atoms with Gasteiger partial charge < -0.3 is 20.4 Å². The molecule has 0 radical (unpaired) electrons. The number of hydrogen-bond acceptors (Lipinski definition) is 3. The van der Waals surface area contributed by atoms with Crippen LogP contribution in [0.3, 0.4) is 0 Å². The van der Waals surface area contributed by atoms with Crippen LogP contribution in [-0.4, -0.2) is 57.0 Å². The quantitative estimate of drug-likeness (QED) is 0.580. The van der Waals surface area contributed by atoms with E-state index in [1.54, 1.807) is 19.0 Å². The molecule has 2 rings (SSSR count). The zero-order chi connectivity index (χ0) is 18.9. The molecule has 1 saturated heterocycles. The van der Waals surface area contributed by atoms with Crippen molar-refractivity contribution in [2.24, 2.45) is 4.99 Å². The first-order valence-electron chi connectivity index (χ1n) is 9.61. The fourth-order valence-corrected chi connectivity index (χ4v) is 2.94. The number of likely N-dealkylation sites (N-methyl/N-ethyl adjacent to an activating group) is 1. The first kappa shape index (κ1) is 20.1. The maximum Gasteiger partial charge on any atom is 0.243 e. The Bertz CT molecular complexity index is 608. The van der Waals surface area contributed by atoms with Gasteiger partial charge in [0.2, 0.25) is 5.91 Å². The molecule has 0 saturated carbocycles. The lowest BCUT2D eigenvalue weighted by Gasteiger charge is -2.22. The van der Waals surface area contributed by atoms with Gasteiger partial charge in [0.1, 0.15) is 6.54 Å². The monoisotopic (exact) mass is 359 g/mol. The van der Waals surface area contributed by atoms with Crippen LogP contribution >= 0.6 is 0 Å². The van der Waals surface area contributed by atoms with Gasteiger partial charge in [-0.25, -0.2) is 4.99 Å². The summed E-state index contributed by atoms with van der Waals surface area (Å²) in [7, 11) is 3.49. The molecule has 6 nitrogen and oxygen atoms in total. The molecule has 1 unspecified atom stereocenters. The number of carbonyl (C=O) groups excluding carboxylic acids is 1. The Labute approximate surface area is 157 Å². The van der Waals surface area contributed by atoms with Gasteiger partial charge in [-0.05, 0) is 43.9 Å². The van der Waals surface area contributed by atoms with Gasteiger partial charge in [-0.3, -0.25) is 4.79 Å². The number of guanidine groups is 1. The standard InChI is InChI=1S/C20H33N5O/c1-5-11-21-20(22-15-19(26)24(3)4)23-16(2)17-9-8-10-18(14-17)25-12-6-7-13-25/h8-10,14,16H,5-7,11-13,15H2,1-4H3,(H2,21,22,23). The van der Waals surface area contributed by atoms with E-state index < -0.39 is 0 Å². The van der Waals surface area contributed by atoms with E-state index in [-0.39, 0.29) is 18.5 Å². The average Bonchev–Trinajstić information content (AvgIpc) is 3.18. The summed E-state index contributed by atoms with van der Waals surface area (Å²) in [4.78, 5) is 20.3. The number of hydrogen-bond donors (Lipinski definition) is 2. The number of benzene rings is 1. The van der Waals surface area contributed by atoms with Crippen LogP contribution in [-0.2, 0) is 4.79 Å². The second kappa shape index (κ2) is 10.0. The number of carbonyl (C=O) groups is 1. The molecule has 1 aliphatic rings. The summed E-state index contributed by atoms with van der Waals surface area (Å²) in [5.41, 5.74) is 2.51. The predicted octanol–water partition coefficient (Wildman–Crippen LogP) is 2.38. The van der Waals surface area contributed by atoms with Gasteiger partial charge in [0.05, 0.1) is 6.04 Å². The number of nitrogens with zero attached hydrogens (tertiary/aromatic N) is 3. The van der Waals surface area contributed by atoms with Crippen LogP contribution in [0.2, 0.25) is 0 Å². The summed E-state index contributed by atoms with van der Waals surface area (Å²) in [5.74, 6) is 0.674. The van der Waals surface area contributed by atoms with Crippen molar-refractivity contribution in [2.45, 2.75) is 39.2 Å². The minimum atomic E-state index is -0.00807. The highest BCUT2D eigenvalue weighted by molar-refractivity contribution is 5.85. The number of rotatable bonds is 7. The Morgan fingerprint density at radius 2 is 2.04 bits per heavy atom. The molecule has 0 spiro atoms. The van der Waals surface area contributed by atoms with Gasteiger partial charge in [0, 0.05) is 39.4 Å². The van der Waals surface area contributed by atoms with E-state index in [9.17, 15) is 4.79 Å². The average molecular weight is 360 g/mol. The second-order valence-electron chi connectivity index (χ2n) is 7.03. The molecule has 0 aromatic heterocycles. The Balaban J connectivity index is 2.05. The van der Waals surface area contributed by atoms with E-state index in [2.05, 4.69) is 58.6 Å². The van der Waals surface area contributed by atoms with E-state index in [1.807, 2.05) is 0 Å². The lowest BCUT2D eigenvalue weighted by atomic mass is 10.1. The molecule has 1 aromatic rings. The van der Waals surface area contributed by atoms with Crippen molar-refractivity contribution in [2.75, 3.05) is 45.2 Å². The Kier molecular flexibility index (Phi) is 7.75. The normalized spacial score (nSPS) is 15.7. The SMILES string of the molecule is CCCNC(=NCC(=O)N(C)C)NC(C)c1cccc(N2CCCC2)c1. The molecule has 0 aliphatic carbocycles. The Morgan fingerprint density at radius 3 is 2.69 bits per heavy atom. The molecule has 26 heavy (non-hydrogen) atoms. The minimum absolute atomic E-state index is 0.00807. The third-order valence-electron chi connectivity index (χ3n) is 4.61. The minimum Gasteiger partial charge on any atom is -0.372 e. The van der Waals surface area contributed by atoms with Crippen LogP contribution in [0.1, 0.15) is 44.7 Å². The van der Waals surface area contributed by atoms with E-state index in [1.165, 1.54) is 24.1 Å². The molecule has 1 aliphatic heterocycles. The van der Waals surface area contributed by atoms with Crippen LogP contribution in [0.4, 0.5) is 5.69 Å². The molecule has 1 amide bonds. The van der Waals surface area contributed by atoms with E-state index in [4.69, 9.17) is 0 Å². The second-order valence-corrected chi connectivity index (χ2v) is 7.03. The Morgan fingerprint density at radius 1 is 1.31 bits per heavy atom. The summed E-state index contributed by atoms with van der Waals surface area (Å²) >= 11 is 0. The van der Waals surface area contributed by atoms with Crippen molar-refractivity contribution >= 4 is 17.6 Å². The van der Waals surface area contributed by atoms with Gasteiger partial charge in [-0.1, -0.05) is 19.1 Å². The molecular formula is C20H33N5O. The van der Waals surface area contributed by atoms with E-state index in [0.29, 0.717) is 5.96 Å². The summed E-state index contributed by atoms with van der Waals surface area (Å²) in [6.45, 7) is 7.49. The zero-order valence-corrected chi connectivity index (χ0v) is 16.6. The number of amides is 1. The van der Waals surface area contributed by atoms with Crippen molar-refractivity contribution in [3.8, 4) is 0 Å². The highest BCUT2D eigenvalue weighted by Gasteiger charge is 2.15. The smallest absolute Gasteiger partial charge is 0.243 e. The third kappa shape index (κ3) is 5.93. The molecule has 144 valence electrons. The highest BCUT2D eigenvalue weighted by Crippen LogP contribution is 2.23. The van der Waals surface area contributed by atoms with E-state index in [0.717, 1.165) is 26.1 Å².